The molecule has 0 aliphatic carbocycles. The molecule has 84 valence electrons. The summed E-state index contributed by atoms with van der Waals surface area (Å²) in [7, 11) is -4.57. The van der Waals surface area contributed by atoms with Crippen LogP contribution in [0.15, 0.2) is 0 Å². The minimum absolute atomic E-state index is 0.000602. The highest BCUT2D eigenvalue weighted by molar-refractivity contribution is 7.46. The lowest BCUT2D eigenvalue weighted by Crippen LogP contribution is -2.17. The summed E-state index contributed by atoms with van der Waals surface area (Å²) in [6.07, 6.45) is -1.18. The lowest BCUT2D eigenvalue weighted by Gasteiger charge is -2.10. The zero-order valence-electron chi connectivity index (χ0n) is 7.37. The summed E-state index contributed by atoms with van der Waals surface area (Å²) in [5, 5.41) is 17.4. The van der Waals surface area contributed by atoms with Crippen LogP contribution in [0.4, 0.5) is 0 Å². The maximum absolute atomic E-state index is 10.6. The van der Waals surface area contributed by atoms with Crippen LogP contribution < -0.4 is 0 Å². The van der Waals surface area contributed by atoms with Gasteiger partial charge < -0.3 is 20.0 Å². The van der Waals surface area contributed by atoms with Gasteiger partial charge in [0.2, 0.25) is 0 Å². The van der Waals surface area contributed by atoms with Gasteiger partial charge in [-0.1, -0.05) is 0 Å². The average Bonchev–Trinajstić information content (AvgIpc) is 2.09. The molecule has 0 spiro atoms. The smallest absolute Gasteiger partial charge is 0.391 e. The van der Waals surface area contributed by atoms with Gasteiger partial charge in [0.15, 0.2) is 5.78 Å². The van der Waals surface area contributed by atoms with Crippen molar-refractivity contribution in [3.05, 3.63) is 0 Å². The van der Waals surface area contributed by atoms with Crippen molar-refractivity contribution in [1.29, 1.82) is 0 Å². The van der Waals surface area contributed by atoms with Crippen molar-refractivity contribution in [1.82, 2.24) is 0 Å². The number of ketones is 1. The van der Waals surface area contributed by atoms with Gasteiger partial charge in [-0.05, 0) is 6.42 Å². The first-order chi connectivity index (χ1) is 6.35. The largest absolute Gasteiger partial charge is 0.469 e. The SMILES string of the molecule is O=C(CO)CC[C@H](O)COP(=O)(O)O. The second-order valence-corrected chi connectivity index (χ2v) is 3.91. The first kappa shape index (κ1) is 13.7. The third kappa shape index (κ3) is 8.31. The molecule has 0 radical (unpaired) electrons. The van der Waals surface area contributed by atoms with Crippen molar-refractivity contribution < 1.29 is 33.9 Å². The Labute approximate surface area is 80.6 Å². The summed E-state index contributed by atoms with van der Waals surface area (Å²) in [4.78, 5) is 27.1. The van der Waals surface area contributed by atoms with Crippen molar-refractivity contribution >= 4 is 13.6 Å². The number of aliphatic hydroxyl groups is 2. The molecule has 0 rings (SSSR count). The zero-order chi connectivity index (χ0) is 11.2. The number of carbonyl (C=O) groups excluding carboxylic acids is 1. The van der Waals surface area contributed by atoms with Crippen LogP contribution >= 0.6 is 7.82 Å². The summed E-state index contributed by atoms with van der Waals surface area (Å²) >= 11 is 0. The summed E-state index contributed by atoms with van der Waals surface area (Å²) in [5.41, 5.74) is 0. The molecular formula is C6H13O7P. The van der Waals surface area contributed by atoms with Crippen molar-refractivity contribution in [3.8, 4) is 0 Å². The van der Waals surface area contributed by atoms with Crippen LogP contribution in [0.3, 0.4) is 0 Å². The van der Waals surface area contributed by atoms with E-state index in [0.29, 0.717) is 0 Å². The van der Waals surface area contributed by atoms with Gasteiger partial charge in [0.05, 0.1) is 12.7 Å². The Kier molecular flexibility index (Phi) is 6.10. The van der Waals surface area contributed by atoms with E-state index < -0.39 is 32.9 Å². The van der Waals surface area contributed by atoms with E-state index in [0.717, 1.165) is 0 Å². The maximum Gasteiger partial charge on any atom is 0.469 e. The molecule has 0 aromatic heterocycles. The number of aliphatic hydroxyl groups excluding tert-OH is 2. The normalized spacial score (nSPS) is 14.0. The van der Waals surface area contributed by atoms with Crippen molar-refractivity contribution in [3.63, 3.8) is 0 Å². The lowest BCUT2D eigenvalue weighted by molar-refractivity contribution is -0.122. The molecule has 0 saturated heterocycles. The third-order valence-electron chi connectivity index (χ3n) is 1.37. The fourth-order valence-corrected chi connectivity index (χ4v) is 1.04. The Balaban J connectivity index is 3.61. The number of hydrogen-bond acceptors (Lipinski definition) is 5. The van der Waals surface area contributed by atoms with Crippen LogP contribution in [-0.2, 0) is 13.9 Å². The van der Waals surface area contributed by atoms with E-state index in [-0.39, 0.29) is 12.8 Å². The molecule has 1 atom stereocenters. The van der Waals surface area contributed by atoms with E-state index >= 15 is 0 Å². The van der Waals surface area contributed by atoms with E-state index in [1.54, 1.807) is 0 Å². The number of carbonyl (C=O) groups is 1. The van der Waals surface area contributed by atoms with Gasteiger partial charge in [-0.25, -0.2) is 4.57 Å². The van der Waals surface area contributed by atoms with Crippen LogP contribution in [-0.4, -0.2) is 45.1 Å². The Morgan fingerprint density at radius 1 is 1.43 bits per heavy atom. The minimum Gasteiger partial charge on any atom is -0.391 e. The zero-order valence-corrected chi connectivity index (χ0v) is 8.26. The van der Waals surface area contributed by atoms with E-state index in [9.17, 15) is 9.36 Å². The molecule has 4 N–H and O–H groups in total. The predicted octanol–water partition coefficient (Wildman–Crippen LogP) is -1.20. The summed E-state index contributed by atoms with van der Waals surface area (Å²) in [6, 6.07) is 0. The van der Waals surface area contributed by atoms with Gasteiger partial charge in [-0.2, -0.15) is 0 Å². The standard InChI is InChI=1S/C6H13O7P/c7-3-5(8)1-2-6(9)4-13-14(10,11)12/h6-7,9H,1-4H2,(H2,10,11,12)/t6-/m0/s1. The lowest BCUT2D eigenvalue weighted by atomic mass is 10.1. The van der Waals surface area contributed by atoms with Gasteiger partial charge >= 0.3 is 7.82 Å². The first-order valence-corrected chi connectivity index (χ1v) is 5.39. The van der Waals surface area contributed by atoms with E-state index in [4.69, 9.17) is 20.0 Å². The average molecular weight is 228 g/mol. The van der Waals surface area contributed by atoms with Crippen molar-refractivity contribution in [2.24, 2.45) is 0 Å². The molecule has 0 saturated carbocycles. The fraction of sp³-hybridized carbons (Fsp3) is 0.833. The van der Waals surface area contributed by atoms with Gasteiger partial charge in [-0.3, -0.25) is 9.32 Å². The Morgan fingerprint density at radius 3 is 2.43 bits per heavy atom. The summed E-state index contributed by atoms with van der Waals surface area (Å²) in [6.45, 7) is -1.14. The Morgan fingerprint density at radius 2 is 2.00 bits per heavy atom. The summed E-state index contributed by atoms with van der Waals surface area (Å²) in [5.74, 6) is -0.444. The highest BCUT2D eigenvalue weighted by Crippen LogP contribution is 2.35. The second kappa shape index (κ2) is 6.23. The second-order valence-electron chi connectivity index (χ2n) is 2.68. The first-order valence-electron chi connectivity index (χ1n) is 3.86. The predicted molar refractivity (Wildman–Crippen MR) is 45.3 cm³/mol. The van der Waals surface area contributed by atoms with Crippen LogP contribution in [0.25, 0.3) is 0 Å². The number of phosphoric ester groups is 1. The molecule has 8 heteroatoms. The molecule has 0 aromatic carbocycles. The maximum atomic E-state index is 10.6. The molecule has 0 amide bonds. The number of Topliss-reactive ketones (excluding diaryl/α,β-unsaturated/α-hetero) is 1. The van der Waals surface area contributed by atoms with Crippen molar-refractivity contribution in [2.45, 2.75) is 18.9 Å². The third-order valence-corrected chi connectivity index (χ3v) is 1.85. The number of phosphoric acid groups is 1. The molecule has 0 aliphatic rings. The van der Waals surface area contributed by atoms with Crippen molar-refractivity contribution in [2.75, 3.05) is 13.2 Å². The highest BCUT2D eigenvalue weighted by atomic mass is 31.2. The monoisotopic (exact) mass is 228 g/mol. The molecule has 0 heterocycles. The Bertz CT molecular complexity index is 222. The quantitative estimate of drug-likeness (QED) is 0.403. The molecule has 0 bridgehead atoms. The molecule has 14 heavy (non-hydrogen) atoms. The van der Waals surface area contributed by atoms with Crippen LogP contribution in [0.2, 0.25) is 0 Å². The highest BCUT2D eigenvalue weighted by Gasteiger charge is 2.17. The van der Waals surface area contributed by atoms with Crippen LogP contribution in [0.1, 0.15) is 12.8 Å². The van der Waals surface area contributed by atoms with Gasteiger partial charge in [-0.15, -0.1) is 0 Å². The molecular weight excluding hydrogens is 215 g/mol. The van der Waals surface area contributed by atoms with E-state index in [1.807, 2.05) is 0 Å². The molecule has 0 aromatic rings. The Hall–Kier alpha value is -0.300. The van der Waals surface area contributed by atoms with E-state index in [1.165, 1.54) is 0 Å². The van der Waals surface area contributed by atoms with Crippen LogP contribution in [0, 0.1) is 0 Å². The van der Waals surface area contributed by atoms with Crippen LogP contribution in [0.5, 0.6) is 0 Å². The topological polar surface area (TPSA) is 124 Å². The van der Waals surface area contributed by atoms with Gasteiger partial charge in [0, 0.05) is 6.42 Å². The molecule has 7 nitrogen and oxygen atoms in total. The van der Waals surface area contributed by atoms with E-state index in [2.05, 4.69) is 4.52 Å². The molecule has 0 unspecified atom stereocenters. The number of hydrogen-bond donors (Lipinski definition) is 4. The molecule has 0 aliphatic heterocycles. The van der Waals surface area contributed by atoms with Gasteiger partial charge in [0.1, 0.15) is 6.61 Å². The van der Waals surface area contributed by atoms with Gasteiger partial charge in [0.25, 0.3) is 0 Å². The fourth-order valence-electron chi connectivity index (χ4n) is 0.673. The minimum atomic E-state index is -4.57. The summed E-state index contributed by atoms with van der Waals surface area (Å²) < 4.78 is 14.2. The number of rotatable bonds is 7. The molecule has 0 fully saturated rings.